The highest BCUT2D eigenvalue weighted by atomic mass is 16.6. The molecule has 58 heavy (non-hydrogen) atoms. The first-order valence-electron chi connectivity index (χ1n) is 22.8. The lowest BCUT2D eigenvalue weighted by atomic mass is 9.98. The third-order valence-corrected chi connectivity index (χ3v) is 10.6. The standard InChI is InChI=1S/C48H79NO9/c1-3-4-5-6-7-8-9-10-11-12-13-14-15-16-17-22-28-51-30-32-53-34-36-55-38-40-57-41-39-56-37-35-54-33-31-52-29-27-49(2)48(50)58-42-47-45-25-20-18-23-43(45)44-24-19-21-26-46(44)47/h18-21,23-26,47H,3-17,22,27-42H2,1-2H3. The van der Waals surface area contributed by atoms with E-state index < -0.39 is 0 Å². The minimum absolute atomic E-state index is 0.0460. The van der Waals surface area contributed by atoms with Gasteiger partial charge in [0.05, 0.1) is 85.9 Å². The number of fused-ring (bicyclic) bond motifs is 3. The zero-order chi connectivity index (χ0) is 41.0. The van der Waals surface area contributed by atoms with Crippen LogP contribution in [0.2, 0.25) is 0 Å². The fourth-order valence-electron chi connectivity index (χ4n) is 7.17. The molecule has 0 spiro atoms. The highest BCUT2D eigenvalue weighted by Crippen LogP contribution is 2.44. The normalized spacial score (nSPS) is 12.2. The van der Waals surface area contributed by atoms with E-state index in [-0.39, 0.29) is 12.0 Å². The molecule has 0 heterocycles. The summed E-state index contributed by atoms with van der Waals surface area (Å²) in [5, 5.41) is 0. The van der Waals surface area contributed by atoms with Gasteiger partial charge in [-0.15, -0.1) is 0 Å². The molecule has 2 aromatic rings. The predicted octanol–water partition coefficient (Wildman–Crippen LogP) is 10.2. The summed E-state index contributed by atoms with van der Waals surface area (Å²) in [5.74, 6) is 0.0460. The summed E-state index contributed by atoms with van der Waals surface area (Å²) in [6, 6.07) is 16.6. The largest absolute Gasteiger partial charge is 0.448 e. The monoisotopic (exact) mass is 814 g/mol. The minimum atomic E-state index is -0.354. The van der Waals surface area contributed by atoms with E-state index in [4.69, 9.17) is 37.9 Å². The Hall–Kier alpha value is -2.57. The molecule has 0 aliphatic heterocycles. The number of rotatable bonds is 40. The van der Waals surface area contributed by atoms with Gasteiger partial charge in [-0.1, -0.05) is 152 Å². The number of carbonyl (C=O) groups is 1. The van der Waals surface area contributed by atoms with Gasteiger partial charge in [-0.3, -0.25) is 0 Å². The van der Waals surface area contributed by atoms with E-state index in [1.807, 2.05) is 24.3 Å². The average Bonchev–Trinajstić information content (AvgIpc) is 3.57. The third kappa shape index (κ3) is 23.3. The molecule has 1 aliphatic rings. The van der Waals surface area contributed by atoms with Gasteiger partial charge in [-0.05, 0) is 28.7 Å². The number of carbonyl (C=O) groups excluding carboxylic acids is 1. The van der Waals surface area contributed by atoms with E-state index in [1.165, 1.54) is 119 Å². The van der Waals surface area contributed by atoms with Crippen molar-refractivity contribution >= 4 is 6.09 Å². The summed E-state index contributed by atoms with van der Waals surface area (Å²) in [5.41, 5.74) is 4.83. The summed E-state index contributed by atoms with van der Waals surface area (Å²) in [4.78, 5) is 14.2. The van der Waals surface area contributed by atoms with Crippen molar-refractivity contribution in [3.63, 3.8) is 0 Å². The van der Waals surface area contributed by atoms with E-state index in [1.54, 1.807) is 11.9 Å². The molecule has 0 saturated carbocycles. The SMILES string of the molecule is CCCCCCCCCCCCCCCCCCOCCOCCOCCOCCOCCOCCOCCN(C)C(=O)OCC1c2ccccc2-c2ccccc21. The van der Waals surface area contributed by atoms with Gasteiger partial charge in [0.1, 0.15) is 6.61 Å². The van der Waals surface area contributed by atoms with Crippen LogP contribution in [0.15, 0.2) is 48.5 Å². The van der Waals surface area contributed by atoms with Crippen LogP contribution < -0.4 is 0 Å². The number of amides is 1. The maximum Gasteiger partial charge on any atom is 0.409 e. The van der Waals surface area contributed by atoms with E-state index in [2.05, 4.69) is 31.2 Å². The van der Waals surface area contributed by atoms with E-state index >= 15 is 0 Å². The summed E-state index contributed by atoms with van der Waals surface area (Å²) in [6.07, 6.45) is 21.8. The van der Waals surface area contributed by atoms with E-state index in [0.717, 1.165) is 13.0 Å². The van der Waals surface area contributed by atoms with Crippen molar-refractivity contribution in [2.45, 2.75) is 116 Å². The van der Waals surface area contributed by atoms with Gasteiger partial charge in [-0.2, -0.15) is 0 Å². The molecule has 0 fully saturated rings. The number of nitrogens with zero attached hydrogens (tertiary/aromatic N) is 1. The fourth-order valence-corrected chi connectivity index (χ4v) is 7.17. The number of hydrogen-bond acceptors (Lipinski definition) is 9. The molecule has 10 heteroatoms. The number of ether oxygens (including phenoxy) is 8. The van der Waals surface area contributed by atoms with Crippen molar-refractivity contribution in [2.75, 3.05) is 113 Å². The van der Waals surface area contributed by atoms with Gasteiger partial charge in [-0.25, -0.2) is 4.79 Å². The molecule has 0 aromatic heterocycles. The number of unbranched alkanes of at least 4 members (excludes halogenated alkanes) is 15. The number of hydrogen-bond donors (Lipinski definition) is 0. The molecule has 330 valence electrons. The van der Waals surface area contributed by atoms with Crippen LogP contribution in [0, 0.1) is 0 Å². The third-order valence-electron chi connectivity index (χ3n) is 10.6. The van der Waals surface area contributed by atoms with Crippen LogP contribution in [-0.2, 0) is 37.9 Å². The Balaban J connectivity index is 0.950. The van der Waals surface area contributed by atoms with Crippen LogP contribution in [0.4, 0.5) is 4.79 Å². The zero-order valence-corrected chi connectivity index (χ0v) is 36.4. The lowest BCUT2D eigenvalue weighted by Gasteiger charge is -2.19. The Morgan fingerprint density at radius 2 is 0.776 bits per heavy atom. The summed E-state index contributed by atoms with van der Waals surface area (Å²) >= 11 is 0. The van der Waals surface area contributed by atoms with Gasteiger partial charge >= 0.3 is 6.09 Å². The molecule has 0 saturated heterocycles. The summed E-state index contributed by atoms with van der Waals surface area (Å²) in [6.45, 7) is 10.6. The highest BCUT2D eigenvalue weighted by molar-refractivity contribution is 5.79. The van der Waals surface area contributed by atoms with Gasteiger partial charge in [0, 0.05) is 26.1 Å². The molecule has 10 nitrogen and oxygen atoms in total. The van der Waals surface area contributed by atoms with Crippen molar-refractivity contribution in [3.05, 3.63) is 59.7 Å². The first kappa shape index (κ1) is 49.8. The van der Waals surface area contributed by atoms with Crippen LogP contribution in [0.3, 0.4) is 0 Å². The first-order chi connectivity index (χ1) is 28.7. The van der Waals surface area contributed by atoms with Gasteiger partial charge < -0.3 is 42.8 Å². The molecule has 1 aliphatic carbocycles. The van der Waals surface area contributed by atoms with E-state index in [9.17, 15) is 4.79 Å². The van der Waals surface area contributed by atoms with Crippen molar-refractivity contribution in [2.24, 2.45) is 0 Å². The zero-order valence-electron chi connectivity index (χ0n) is 36.4. The van der Waals surface area contributed by atoms with Crippen molar-refractivity contribution in [1.29, 1.82) is 0 Å². The van der Waals surface area contributed by atoms with Crippen LogP contribution in [0.5, 0.6) is 0 Å². The van der Waals surface area contributed by atoms with Crippen LogP contribution >= 0.6 is 0 Å². The molecule has 0 N–H and O–H groups in total. The van der Waals surface area contributed by atoms with Crippen LogP contribution in [-0.4, -0.2) is 124 Å². The Labute approximate surface area is 351 Å². The summed E-state index contributed by atoms with van der Waals surface area (Å²) < 4.78 is 44.9. The van der Waals surface area contributed by atoms with Gasteiger partial charge in [0.2, 0.25) is 0 Å². The second kappa shape index (κ2) is 35.2. The highest BCUT2D eigenvalue weighted by Gasteiger charge is 2.29. The summed E-state index contributed by atoms with van der Waals surface area (Å²) in [7, 11) is 1.72. The molecule has 3 rings (SSSR count). The second-order valence-corrected chi connectivity index (χ2v) is 15.3. The van der Waals surface area contributed by atoms with Crippen LogP contribution in [0.1, 0.15) is 127 Å². The second-order valence-electron chi connectivity index (χ2n) is 15.3. The van der Waals surface area contributed by atoms with E-state index in [0.29, 0.717) is 99.0 Å². The molecule has 1 amide bonds. The lowest BCUT2D eigenvalue weighted by Crippen LogP contribution is -2.32. The molecular formula is C48H79NO9. The molecule has 0 radical (unpaired) electrons. The molecule has 2 aromatic carbocycles. The molecule has 0 atom stereocenters. The Morgan fingerprint density at radius 1 is 0.448 bits per heavy atom. The first-order valence-corrected chi connectivity index (χ1v) is 22.8. The maximum atomic E-state index is 12.6. The number of likely N-dealkylation sites (N-methyl/N-ethyl adjacent to an activating group) is 1. The molecule has 0 unspecified atom stereocenters. The Morgan fingerprint density at radius 3 is 1.17 bits per heavy atom. The molecular weight excluding hydrogens is 735 g/mol. The Kier molecular flexibility index (Phi) is 30.2. The van der Waals surface area contributed by atoms with Crippen molar-refractivity contribution in [3.8, 4) is 11.1 Å². The van der Waals surface area contributed by atoms with Crippen molar-refractivity contribution < 1.29 is 42.7 Å². The minimum Gasteiger partial charge on any atom is -0.448 e. The van der Waals surface area contributed by atoms with Gasteiger partial charge in [0.25, 0.3) is 0 Å². The fraction of sp³-hybridized carbons (Fsp3) is 0.729. The van der Waals surface area contributed by atoms with Crippen molar-refractivity contribution in [1.82, 2.24) is 4.90 Å². The lowest BCUT2D eigenvalue weighted by molar-refractivity contribution is -0.0209. The molecule has 0 bridgehead atoms. The van der Waals surface area contributed by atoms with Gasteiger partial charge in [0.15, 0.2) is 0 Å². The quantitative estimate of drug-likeness (QED) is 0.0610. The Bertz CT molecular complexity index is 1220. The topological polar surface area (TPSA) is 94.2 Å². The smallest absolute Gasteiger partial charge is 0.409 e. The predicted molar refractivity (Wildman–Crippen MR) is 233 cm³/mol. The average molecular weight is 814 g/mol. The number of benzene rings is 2. The van der Waals surface area contributed by atoms with Crippen LogP contribution in [0.25, 0.3) is 11.1 Å². The maximum absolute atomic E-state index is 12.6.